The highest BCUT2D eigenvalue weighted by atomic mass is 32.1. The second-order valence-electron chi connectivity index (χ2n) is 7.99. The Morgan fingerprint density at radius 1 is 1.08 bits per heavy atom. The summed E-state index contributed by atoms with van der Waals surface area (Å²) in [5, 5.41) is 0. The minimum atomic E-state index is -0.745. The minimum Gasteiger partial charge on any atom is -0.497 e. The first-order valence-corrected chi connectivity index (χ1v) is 12.2. The van der Waals surface area contributed by atoms with E-state index in [2.05, 4.69) is 4.98 Å². The smallest absolute Gasteiger partial charge is 0.338 e. The zero-order valence-electron chi connectivity index (χ0n) is 19.8. The number of rotatable bonds is 6. The number of ether oxygens (including phenoxy) is 2. The number of benzene rings is 2. The molecule has 7 nitrogen and oxygen atoms in total. The van der Waals surface area contributed by atoms with E-state index in [9.17, 15) is 9.59 Å². The zero-order valence-corrected chi connectivity index (χ0v) is 20.6. The van der Waals surface area contributed by atoms with Gasteiger partial charge in [0.25, 0.3) is 5.56 Å². The highest BCUT2D eigenvalue weighted by Gasteiger charge is 2.35. The molecule has 0 spiro atoms. The van der Waals surface area contributed by atoms with E-state index in [0.29, 0.717) is 26.4 Å². The number of hydrogen-bond donors (Lipinski definition) is 0. The molecule has 0 saturated heterocycles. The molecule has 0 N–H and O–H groups in total. The topological polar surface area (TPSA) is 82.8 Å². The van der Waals surface area contributed by atoms with Gasteiger partial charge in [-0.2, -0.15) is 0 Å². The average molecular weight is 498 g/mol. The van der Waals surface area contributed by atoms with Crippen LogP contribution in [0.5, 0.6) is 5.75 Å². The van der Waals surface area contributed by atoms with Crippen molar-refractivity contribution in [2.24, 2.45) is 4.99 Å². The molecule has 0 bridgehead atoms. The number of pyridine rings is 1. The molecule has 2 aromatic carbocycles. The van der Waals surface area contributed by atoms with E-state index in [-0.39, 0.29) is 12.2 Å². The van der Waals surface area contributed by atoms with E-state index in [1.54, 1.807) is 31.0 Å². The number of carbonyl (C=O) groups is 1. The van der Waals surface area contributed by atoms with Crippen molar-refractivity contribution in [1.82, 2.24) is 9.55 Å². The predicted octanol–water partition coefficient (Wildman–Crippen LogP) is 3.34. The van der Waals surface area contributed by atoms with Crippen molar-refractivity contribution in [3.63, 3.8) is 0 Å². The second-order valence-corrected chi connectivity index (χ2v) is 9.00. The summed E-state index contributed by atoms with van der Waals surface area (Å²) in [5.41, 5.74) is 2.88. The Balaban J connectivity index is 1.85. The van der Waals surface area contributed by atoms with Crippen LogP contribution in [0.1, 0.15) is 29.7 Å². The van der Waals surface area contributed by atoms with Gasteiger partial charge in [0.1, 0.15) is 5.75 Å². The molecule has 1 atom stereocenters. The first-order chi connectivity index (χ1) is 17.6. The third-order valence-electron chi connectivity index (χ3n) is 5.79. The van der Waals surface area contributed by atoms with Crippen LogP contribution in [0.25, 0.3) is 11.8 Å². The molecule has 36 heavy (non-hydrogen) atoms. The molecule has 5 rings (SSSR count). The van der Waals surface area contributed by atoms with Gasteiger partial charge in [0.2, 0.25) is 0 Å². The molecule has 180 valence electrons. The summed E-state index contributed by atoms with van der Waals surface area (Å²) in [6.07, 6.45) is 5.16. The lowest BCUT2D eigenvalue weighted by Crippen LogP contribution is -2.40. The summed E-state index contributed by atoms with van der Waals surface area (Å²) in [5.74, 6) is 0.101. The van der Waals surface area contributed by atoms with Gasteiger partial charge in [0.15, 0.2) is 4.80 Å². The molecule has 1 aliphatic heterocycles. The molecule has 0 amide bonds. The van der Waals surface area contributed by atoms with Crippen LogP contribution in [0.15, 0.2) is 94.5 Å². The normalized spacial score (nSPS) is 15.3. The number of aromatic nitrogens is 2. The van der Waals surface area contributed by atoms with Gasteiger partial charge in [-0.25, -0.2) is 9.79 Å². The lowest BCUT2D eigenvalue weighted by atomic mass is 9.93. The number of esters is 1. The molecule has 0 fully saturated rings. The highest BCUT2D eigenvalue weighted by molar-refractivity contribution is 7.07. The Morgan fingerprint density at radius 3 is 2.58 bits per heavy atom. The standard InChI is InChI=1S/C28H23N3O4S/c1-3-35-27(33)23-24(19-8-5-4-6-9-19)30-28-31(25(23)20-10-7-11-21(17-20)34-2)26(32)22(36-28)16-18-12-14-29-15-13-18/h4-17,25H,3H2,1-2H3/b22-16-/t25-/m1/s1. The fourth-order valence-corrected chi connectivity index (χ4v) is 5.18. The first kappa shape index (κ1) is 23.4. The van der Waals surface area contributed by atoms with Gasteiger partial charge in [-0.1, -0.05) is 53.8 Å². The fourth-order valence-electron chi connectivity index (χ4n) is 4.18. The summed E-state index contributed by atoms with van der Waals surface area (Å²) in [6.45, 7) is 1.95. The Morgan fingerprint density at radius 2 is 1.86 bits per heavy atom. The molecular formula is C28H23N3O4S. The number of nitrogens with zero attached hydrogens (tertiary/aromatic N) is 3. The summed E-state index contributed by atoms with van der Waals surface area (Å²) >= 11 is 1.28. The number of thiazole rings is 1. The highest BCUT2D eigenvalue weighted by Crippen LogP contribution is 2.36. The van der Waals surface area contributed by atoms with Gasteiger partial charge in [0, 0.05) is 18.0 Å². The molecule has 4 aromatic rings. The van der Waals surface area contributed by atoms with Gasteiger partial charge in [-0.05, 0) is 48.4 Å². The molecule has 0 radical (unpaired) electrons. The molecule has 0 aliphatic carbocycles. The van der Waals surface area contributed by atoms with Crippen molar-refractivity contribution >= 4 is 29.1 Å². The van der Waals surface area contributed by atoms with E-state index in [0.717, 1.165) is 16.7 Å². The Kier molecular flexibility index (Phi) is 6.60. The monoisotopic (exact) mass is 497 g/mol. The van der Waals surface area contributed by atoms with Gasteiger partial charge in [-0.3, -0.25) is 14.3 Å². The number of fused-ring (bicyclic) bond motifs is 1. The molecule has 0 unspecified atom stereocenters. The van der Waals surface area contributed by atoms with Gasteiger partial charge in [0.05, 0.1) is 35.6 Å². The van der Waals surface area contributed by atoms with Crippen LogP contribution in [0, 0.1) is 0 Å². The summed E-state index contributed by atoms with van der Waals surface area (Å²) < 4.78 is 13.0. The van der Waals surface area contributed by atoms with Crippen molar-refractivity contribution in [2.45, 2.75) is 13.0 Å². The Labute approximate surface area is 211 Å². The van der Waals surface area contributed by atoms with Crippen molar-refractivity contribution in [1.29, 1.82) is 0 Å². The second kappa shape index (κ2) is 10.1. The van der Waals surface area contributed by atoms with Crippen molar-refractivity contribution in [2.75, 3.05) is 13.7 Å². The number of hydrogen-bond acceptors (Lipinski definition) is 7. The van der Waals surface area contributed by atoms with Crippen LogP contribution >= 0.6 is 11.3 Å². The third kappa shape index (κ3) is 4.38. The third-order valence-corrected chi connectivity index (χ3v) is 6.77. The van der Waals surface area contributed by atoms with Crippen molar-refractivity contribution < 1.29 is 14.3 Å². The minimum absolute atomic E-state index is 0.196. The maximum atomic E-state index is 13.8. The van der Waals surface area contributed by atoms with Crippen LogP contribution in [-0.2, 0) is 9.53 Å². The maximum Gasteiger partial charge on any atom is 0.338 e. The van der Waals surface area contributed by atoms with Crippen LogP contribution in [0.2, 0.25) is 0 Å². The lowest BCUT2D eigenvalue weighted by molar-refractivity contribution is -0.138. The lowest BCUT2D eigenvalue weighted by Gasteiger charge is -2.26. The molecule has 3 heterocycles. The average Bonchev–Trinajstić information content (AvgIpc) is 3.23. The number of carbonyl (C=O) groups excluding carboxylic acids is 1. The van der Waals surface area contributed by atoms with E-state index in [4.69, 9.17) is 14.5 Å². The van der Waals surface area contributed by atoms with E-state index < -0.39 is 12.0 Å². The van der Waals surface area contributed by atoms with Crippen LogP contribution in [-0.4, -0.2) is 29.2 Å². The van der Waals surface area contributed by atoms with E-state index in [1.165, 1.54) is 11.3 Å². The van der Waals surface area contributed by atoms with Gasteiger partial charge in [-0.15, -0.1) is 0 Å². The van der Waals surface area contributed by atoms with Crippen LogP contribution in [0.3, 0.4) is 0 Å². The Hall–Kier alpha value is -4.30. The molecule has 8 heteroatoms. The molecule has 2 aromatic heterocycles. The first-order valence-electron chi connectivity index (χ1n) is 11.4. The van der Waals surface area contributed by atoms with Crippen molar-refractivity contribution in [3.8, 4) is 5.75 Å². The molecule has 0 saturated carbocycles. The SMILES string of the molecule is CCOC(=O)C1=C(c2ccccc2)N=c2s/c(=C\c3ccncc3)c(=O)n2[C@@H]1c1cccc(OC)c1. The quantitative estimate of drug-likeness (QED) is 0.382. The summed E-state index contributed by atoms with van der Waals surface area (Å²) in [6, 6.07) is 19.8. The molecular weight excluding hydrogens is 474 g/mol. The maximum absolute atomic E-state index is 13.8. The largest absolute Gasteiger partial charge is 0.497 e. The van der Waals surface area contributed by atoms with Gasteiger partial charge < -0.3 is 9.47 Å². The predicted molar refractivity (Wildman–Crippen MR) is 138 cm³/mol. The molecule has 1 aliphatic rings. The van der Waals surface area contributed by atoms with Crippen LogP contribution < -0.4 is 19.6 Å². The van der Waals surface area contributed by atoms with E-state index in [1.807, 2.05) is 72.8 Å². The summed E-state index contributed by atoms with van der Waals surface area (Å²) in [7, 11) is 1.58. The fraction of sp³-hybridized carbons (Fsp3) is 0.143. The van der Waals surface area contributed by atoms with E-state index >= 15 is 0 Å². The Bertz CT molecular complexity index is 1620. The van der Waals surface area contributed by atoms with Crippen molar-refractivity contribution in [3.05, 3.63) is 121 Å². The zero-order chi connectivity index (χ0) is 25.1. The van der Waals surface area contributed by atoms with Crippen LogP contribution in [0.4, 0.5) is 0 Å². The van der Waals surface area contributed by atoms with Gasteiger partial charge >= 0.3 is 5.97 Å². The number of methoxy groups -OCH3 is 1. The summed E-state index contributed by atoms with van der Waals surface area (Å²) in [4.78, 5) is 36.6.